The Balaban J connectivity index is 1.70. The minimum absolute atomic E-state index is 0.0557. The second-order valence-corrected chi connectivity index (χ2v) is 6.03. The summed E-state index contributed by atoms with van der Waals surface area (Å²) in [6, 6.07) is 5.46. The van der Waals surface area contributed by atoms with Gasteiger partial charge in [0.15, 0.2) is 0 Å². The summed E-state index contributed by atoms with van der Waals surface area (Å²) in [6.07, 6.45) is 1.72. The summed E-state index contributed by atoms with van der Waals surface area (Å²) in [4.78, 5) is 24.8. The first kappa shape index (κ1) is 16.6. The van der Waals surface area contributed by atoms with Crippen LogP contribution in [0.4, 0.5) is 0 Å². The molecule has 0 saturated carbocycles. The molecule has 2 amide bonds. The number of halogens is 1. The SMILES string of the molecule is Cc1cc(Cl)ccc1OCCCC(=O)N1CCC(C(N)=O)C1. The van der Waals surface area contributed by atoms with Crippen molar-refractivity contribution < 1.29 is 14.3 Å². The Hall–Kier alpha value is -1.75. The lowest BCUT2D eigenvalue weighted by Crippen LogP contribution is -2.31. The molecule has 22 heavy (non-hydrogen) atoms. The van der Waals surface area contributed by atoms with Crippen LogP contribution < -0.4 is 10.5 Å². The monoisotopic (exact) mass is 324 g/mol. The molecular formula is C16H21ClN2O3. The Bertz CT molecular complexity index is 562. The molecule has 1 unspecified atom stereocenters. The third-order valence-corrected chi connectivity index (χ3v) is 4.11. The lowest BCUT2D eigenvalue weighted by atomic mass is 10.1. The predicted molar refractivity (Wildman–Crippen MR) is 84.8 cm³/mol. The van der Waals surface area contributed by atoms with Gasteiger partial charge >= 0.3 is 0 Å². The summed E-state index contributed by atoms with van der Waals surface area (Å²) >= 11 is 5.89. The molecule has 1 fully saturated rings. The molecule has 1 saturated heterocycles. The number of nitrogens with zero attached hydrogens (tertiary/aromatic N) is 1. The van der Waals surface area contributed by atoms with Crippen molar-refractivity contribution in [3.8, 4) is 5.75 Å². The minimum Gasteiger partial charge on any atom is -0.493 e. The topological polar surface area (TPSA) is 72.6 Å². The molecule has 1 aromatic carbocycles. The normalized spacial score (nSPS) is 17.5. The number of amides is 2. The maximum atomic E-state index is 12.0. The Kier molecular flexibility index (Phi) is 5.66. The predicted octanol–water partition coefficient (Wildman–Crippen LogP) is 2.14. The fourth-order valence-corrected chi connectivity index (χ4v) is 2.78. The van der Waals surface area contributed by atoms with Crippen molar-refractivity contribution in [2.45, 2.75) is 26.2 Å². The summed E-state index contributed by atoms with van der Waals surface area (Å²) in [7, 11) is 0. The van der Waals surface area contributed by atoms with Crippen molar-refractivity contribution in [3.05, 3.63) is 28.8 Å². The zero-order chi connectivity index (χ0) is 16.1. The standard InChI is InChI=1S/C16H21ClN2O3/c1-11-9-13(17)4-5-14(11)22-8-2-3-15(20)19-7-6-12(10-19)16(18)21/h4-5,9,12H,2-3,6-8,10H2,1H3,(H2,18,21). The van der Waals surface area contributed by atoms with Gasteiger partial charge in [-0.15, -0.1) is 0 Å². The smallest absolute Gasteiger partial charge is 0.222 e. The molecule has 0 aliphatic carbocycles. The van der Waals surface area contributed by atoms with Crippen molar-refractivity contribution in [3.63, 3.8) is 0 Å². The van der Waals surface area contributed by atoms with Crippen LogP contribution in [0.25, 0.3) is 0 Å². The van der Waals surface area contributed by atoms with Crippen molar-refractivity contribution >= 4 is 23.4 Å². The van der Waals surface area contributed by atoms with E-state index in [4.69, 9.17) is 22.1 Å². The van der Waals surface area contributed by atoms with Crippen LogP contribution in [0.3, 0.4) is 0 Å². The van der Waals surface area contributed by atoms with E-state index in [1.165, 1.54) is 0 Å². The highest BCUT2D eigenvalue weighted by atomic mass is 35.5. The van der Waals surface area contributed by atoms with Gasteiger partial charge in [0.1, 0.15) is 5.75 Å². The summed E-state index contributed by atoms with van der Waals surface area (Å²) in [5, 5.41) is 0.679. The number of aryl methyl sites for hydroxylation is 1. The van der Waals surface area contributed by atoms with Gasteiger partial charge in [0.05, 0.1) is 12.5 Å². The maximum absolute atomic E-state index is 12.0. The number of carbonyl (C=O) groups excluding carboxylic acids is 2. The fourth-order valence-electron chi connectivity index (χ4n) is 2.56. The number of likely N-dealkylation sites (tertiary alicyclic amines) is 1. The van der Waals surface area contributed by atoms with Gasteiger partial charge in [-0.05, 0) is 43.5 Å². The summed E-state index contributed by atoms with van der Waals surface area (Å²) in [5.74, 6) is 0.320. The van der Waals surface area contributed by atoms with E-state index >= 15 is 0 Å². The minimum atomic E-state index is -0.322. The van der Waals surface area contributed by atoms with Gasteiger partial charge < -0.3 is 15.4 Å². The zero-order valence-corrected chi connectivity index (χ0v) is 13.4. The molecule has 2 rings (SSSR count). The lowest BCUT2D eigenvalue weighted by Gasteiger charge is -2.16. The largest absolute Gasteiger partial charge is 0.493 e. The van der Waals surface area contributed by atoms with Crippen LogP contribution in [0.2, 0.25) is 5.02 Å². The molecule has 2 N–H and O–H groups in total. The number of rotatable bonds is 6. The Labute approximate surface area is 135 Å². The van der Waals surface area contributed by atoms with Crippen LogP contribution in [0.15, 0.2) is 18.2 Å². The van der Waals surface area contributed by atoms with E-state index in [9.17, 15) is 9.59 Å². The van der Waals surface area contributed by atoms with E-state index in [-0.39, 0.29) is 17.7 Å². The van der Waals surface area contributed by atoms with Crippen LogP contribution in [0.1, 0.15) is 24.8 Å². The molecule has 1 aliphatic rings. The van der Waals surface area contributed by atoms with Crippen LogP contribution in [-0.2, 0) is 9.59 Å². The molecule has 0 spiro atoms. The zero-order valence-electron chi connectivity index (χ0n) is 12.7. The third-order valence-electron chi connectivity index (χ3n) is 3.87. The molecule has 120 valence electrons. The first-order valence-electron chi connectivity index (χ1n) is 7.43. The fraction of sp³-hybridized carbons (Fsp3) is 0.500. The highest BCUT2D eigenvalue weighted by Gasteiger charge is 2.29. The molecule has 0 radical (unpaired) electrons. The number of primary amides is 1. The quantitative estimate of drug-likeness (QED) is 0.815. The van der Waals surface area contributed by atoms with E-state index in [1.54, 1.807) is 11.0 Å². The van der Waals surface area contributed by atoms with Gasteiger partial charge in [0, 0.05) is 24.5 Å². The van der Waals surface area contributed by atoms with Gasteiger partial charge in [-0.2, -0.15) is 0 Å². The molecule has 6 heteroatoms. The molecule has 1 aromatic rings. The molecule has 1 atom stereocenters. The van der Waals surface area contributed by atoms with Crippen LogP contribution >= 0.6 is 11.6 Å². The Morgan fingerprint density at radius 1 is 1.45 bits per heavy atom. The number of hydrogen-bond donors (Lipinski definition) is 1. The van der Waals surface area contributed by atoms with Gasteiger partial charge in [0.2, 0.25) is 11.8 Å². The third kappa shape index (κ3) is 4.37. The Morgan fingerprint density at radius 3 is 2.86 bits per heavy atom. The van der Waals surface area contributed by atoms with Crippen molar-refractivity contribution in [2.24, 2.45) is 11.7 Å². The van der Waals surface area contributed by atoms with Gasteiger partial charge in [-0.3, -0.25) is 9.59 Å². The van der Waals surface area contributed by atoms with Crippen LogP contribution in [0.5, 0.6) is 5.75 Å². The number of carbonyl (C=O) groups is 2. The molecule has 1 aliphatic heterocycles. The maximum Gasteiger partial charge on any atom is 0.222 e. The highest BCUT2D eigenvalue weighted by Crippen LogP contribution is 2.22. The number of nitrogens with two attached hydrogens (primary N) is 1. The average Bonchev–Trinajstić information content (AvgIpc) is 2.95. The van der Waals surface area contributed by atoms with E-state index in [0.717, 1.165) is 11.3 Å². The first-order valence-corrected chi connectivity index (χ1v) is 7.81. The first-order chi connectivity index (χ1) is 10.5. The van der Waals surface area contributed by atoms with Gasteiger partial charge in [-0.1, -0.05) is 11.6 Å². The summed E-state index contributed by atoms with van der Waals surface area (Å²) in [6.45, 7) is 3.47. The lowest BCUT2D eigenvalue weighted by molar-refractivity contribution is -0.130. The molecular weight excluding hydrogens is 304 g/mol. The number of hydrogen-bond acceptors (Lipinski definition) is 3. The second kappa shape index (κ2) is 7.49. The summed E-state index contributed by atoms with van der Waals surface area (Å²) in [5.41, 5.74) is 6.24. The Morgan fingerprint density at radius 2 is 2.23 bits per heavy atom. The molecule has 5 nitrogen and oxygen atoms in total. The van der Waals surface area contributed by atoms with E-state index in [0.29, 0.717) is 44.0 Å². The van der Waals surface area contributed by atoms with Crippen molar-refractivity contribution in [1.29, 1.82) is 0 Å². The van der Waals surface area contributed by atoms with Crippen molar-refractivity contribution in [1.82, 2.24) is 4.90 Å². The summed E-state index contributed by atoms with van der Waals surface area (Å²) < 4.78 is 5.66. The van der Waals surface area contributed by atoms with Crippen LogP contribution in [0, 0.1) is 12.8 Å². The highest BCUT2D eigenvalue weighted by molar-refractivity contribution is 6.30. The second-order valence-electron chi connectivity index (χ2n) is 5.59. The van der Waals surface area contributed by atoms with Crippen LogP contribution in [-0.4, -0.2) is 36.4 Å². The molecule has 1 heterocycles. The van der Waals surface area contributed by atoms with Gasteiger partial charge in [0.25, 0.3) is 0 Å². The molecule has 0 bridgehead atoms. The van der Waals surface area contributed by atoms with E-state index in [1.807, 2.05) is 19.1 Å². The average molecular weight is 325 g/mol. The van der Waals surface area contributed by atoms with E-state index in [2.05, 4.69) is 0 Å². The molecule has 0 aromatic heterocycles. The number of benzene rings is 1. The van der Waals surface area contributed by atoms with Gasteiger partial charge in [-0.25, -0.2) is 0 Å². The van der Waals surface area contributed by atoms with E-state index < -0.39 is 0 Å². The van der Waals surface area contributed by atoms with Crippen molar-refractivity contribution in [2.75, 3.05) is 19.7 Å². The number of ether oxygens (including phenoxy) is 1.